The van der Waals surface area contributed by atoms with Crippen LogP contribution >= 0.6 is 0 Å². The highest BCUT2D eigenvalue weighted by atomic mass is 16.5. The van der Waals surface area contributed by atoms with Crippen molar-refractivity contribution in [1.82, 2.24) is 5.32 Å². The third-order valence-corrected chi connectivity index (χ3v) is 3.31. The van der Waals surface area contributed by atoms with E-state index in [2.05, 4.69) is 56.4 Å². The van der Waals surface area contributed by atoms with E-state index in [0.29, 0.717) is 12.0 Å². The van der Waals surface area contributed by atoms with Crippen molar-refractivity contribution in [3.05, 3.63) is 35.9 Å². The number of rotatable bonds is 10. The van der Waals surface area contributed by atoms with Gasteiger partial charge in [-0.1, -0.05) is 57.5 Å². The minimum absolute atomic E-state index is 0.315. The van der Waals surface area contributed by atoms with E-state index in [0.717, 1.165) is 26.2 Å². The maximum Gasteiger partial charge on any atom is 0.0661 e. The fourth-order valence-electron chi connectivity index (χ4n) is 2.24. The van der Waals surface area contributed by atoms with Crippen molar-refractivity contribution >= 4 is 0 Å². The molecule has 0 aliphatic rings. The lowest BCUT2D eigenvalue weighted by Crippen LogP contribution is -2.27. The van der Waals surface area contributed by atoms with Gasteiger partial charge in [-0.2, -0.15) is 0 Å². The molecule has 0 aliphatic heterocycles. The highest BCUT2D eigenvalue weighted by Crippen LogP contribution is 2.14. The molecule has 2 nitrogen and oxygen atoms in total. The summed E-state index contributed by atoms with van der Waals surface area (Å²) >= 11 is 0. The fourth-order valence-corrected chi connectivity index (χ4v) is 2.24. The molecule has 0 bridgehead atoms. The van der Waals surface area contributed by atoms with Gasteiger partial charge in [-0.15, -0.1) is 0 Å². The van der Waals surface area contributed by atoms with Gasteiger partial charge in [0.25, 0.3) is 0 Å². The van der Waals surface area contributed by atoms with Crippen LogP contribution in [0, 0.1) is 5.92 Å². The Morgan fingerprint density at radius 1 is 1.05 bits per heavy atom. The molecule has 108 valence electrons. The molecule has 0 aromatic heterocycles. The lowest BCUT2D eigenvalue weighted by atomic mass is 10.1. The first-order chi connectivity index (χ1) is 9.27. The van der Waals surface area contributed by atoms with E-state index in [1.165, 1.54) is 18.4 Å². The van der Waals surface area contributed by atoms with Gasteiger partial charge in [0.05, 0.1) is 12.6 Å². The predicted molar refractivity (Wildman–Crippen MR) is 82.4 cm³/mol. The van der Waals surface area contributed by atoms with Gasteiger partial charge >= 0.3 is 0 Å². The van der Waals surface area contributed by atoms with Crippen molar-refractivity contribution in [3.63, 3.8) is 0 Å². The third kappa shape index (κ3) is 6.74. The molecule has 0 radical (unpaired) electrons. The van der Waals surface area contributed by atoms with Gasteiger partial charge in [-0.05, 0) is 30.9 Å². The predicted octanol–water partition coefficient (Wildman–Crippen LogP) is 4.18. The van der Waals surface area contributed by atoms with Crippen LogP contribution in [0.1, 0.15) is 51.6 Å². The molecule has 2 atom stereocenters. The molecule has 0 amide bonds. The van der Waals surface area contributed by atoms with Crippen molar-refractivity contribution in [2.75, 3.05) is 19.8 Å². The molecule has 0 heterocycles. The Labute approximate surface area is 118 Å². The quantitative estimate of drug-likeness (QED) is 0.683. The molecule has 2 heteroatoms. The van der Waals surface area contributed by atoms with Gasteiger partial charge in [-0.25, -0.2) is 0 Å². The lowest BCUT2D eigenvalue weighted by molar-refractivity contribution is 0.0832. The standard InChI is InChI=1S/C17H29NO/c1-4-9-15(3)13-19-14-17(18-12-5-2)16-10-7-6-8-11-16/h6-8,10-11,15,17-18H,4-5,9,12-14H2,1-3H3. The summed E-state index contributed by atoms with van der Waals surface area (Å²) in [7, 11) is 0. The van der Waals surface area contributed by atoms with Crippen LogP contribution in [0.4, 0.5) is 0 Å². The molecule has 0 fully saturated rings. The van der Waals surface area contributed by atoms with Crippen LogP contribution < -0.4 is 5.32 Å². The van der Waals surface area contributed by atoms with Crippen LogP contribution in [0.5, 0.6) is 0 Å². The minimum atomic E-state index is 0.315. The maximum atomic E-state index is 5.90. The van der Waals surface area contributed by atoms with Crippen LogP contribution in [0.2, 0.25) is 0 Å². The molecule has 0 spiro atoms. The highest BCUT2D eigenvalue weighted by molar-refractivity contribution is 5.18. The van der Waals surface area contributed by atoms with Crippen LogP contribution in [-0.2, 0) is 4.74 Å². The Bertz CT molecular complexity index is 312. The van der Waals surface area contributed by atoms with Crippen molar-refractivity contribution < 1.29 is 4.74 Å². The third-order valence-electron chi connectivity index (χ3n) is 3.31. The first-order valence-electron chi connectivity index (χ1n) is 7.64. The van der Waals surface area contributed by atoms with E-state index in [4.69, 9.17) is 4.74 Å². The summed E-state index contributed by atoms with van der Waals surface area (Å²) in [6.07, 6.45) is 3.63. The zero-order valence-electron chi connectivity index (χ0n) is 12.7. The minimum Gasteiger partial charge on any atom is -0.379 e. The topological polar surface area (TPSA) is 21.3 Å². The second kappa shape index (κ2) is 9.99. The number of nitrogens with one attached hydrogen (secondary N) is 1. The Morgan fingerprint density at radius 3 is 2.42 bits per heavy atom. The van der Waals surface area contributed by atoms with E-state index < -0.39 is 0 Å². The average molecular weight is 263 g/mol. The van der Waals surface area contributed by atoms with Gasteiger partial charge in [0.15, 0.2) is 0 Å². The van der Waals surface area contributed by atoms with Gasteiger partial charge < -0.3 is 10.1 Å². The van der Waals surface area contributed by atoms with Crippen LogP contribution in [0.15, 0.2) is 30.3 Å². The lowest BCUT2D eigenvalue weighted by Gasteiger charge is -2.20. The van der Waals surface area contributed by atoms with E-state index >= 15 is 0 Å². The molecular weight excluding hydrogens is 234 g/mol. The van der Waals surface area contributed by atoms with Crippen LogP contribution in [0.25, 0.3) is 0 Å². The molecule has 2 unspecified atom stereocenters. The maximum absolute atomic E-state index is 5.90. The van der Waals surface area contributed by atoms with E-state index in [9.17, 15) is 0 Å². The van der Waals surface area contributed by atoms with E-state index in [1.807, 2.05) is 0 Å². The summed E-state index contributed by atoms with van der Waals surface area (Å²) < 4.78 is 5.90. The van der Waals surface area contributed by atoms with E-state index in [1.54, 1.807) is 0 Å². The summed E-state index contributed by atoms with van der Waals surface area (Å²) in [6.45, 7) is 9.35. The van der Waals surface area contributed by atoms with Crippen LogP contribution in [0.3, 0.4) is 0 Å². The monoisotopic (exact) mass is 263 g/mol. The SMILES string of the molecule is CCCNC(COCC(C)CCC)c1ccccc1. The zero-order chi connectivity index (χ0) is 13.9. The molecule has 1 N–H and O–H groups in total. The molecule has 1 aromatic carbocycles. The second-order valence-electron chi connectivity index (χ2n) is 5.35. The second-order valence-corrected chi connectivity index (χ2v) is 5.35. The van der Waals surface area contributed by atoms with Crippen molar-refractivity contribution in [2.24, 2.45) is 5.92 Å². The molecule has 0 saturated heterocycles. The first kappa shape index (κ1) is 16.2. The summed E-state index contributed by atoms with van der Waals surface area (Å²) in [5, 5.41) is 3.57. The van der Waals surface area contributed by atoms with Crippen molar-refractivity contribution in [3.8, 4) is 0 Å². The van der Waals surface area contributed by atoms with Crippen molar-refractivity contribution in [2.45, 2.75) is 46.1 Å². The molecular formula is C17H29NO. The molecule has 1 aromatic rings. The Kier molecular flexibility index (Phi) is 8.52. The largest absolute Gasteiger partial charge is 0.379 e. The van der Waals surface area contributed by atoms with Gasteiger partial charge in [0, 0.05) is 6.61 Å². The fraction of sp³-hybridized carbons (Fsp3) is 0.647. The average Bonchev–Trinajstić information content (AvgIpc) is 2.44. The van der Waals surface area contributed by atoms with Crippen LogP contribution in [-0.4, -0.2) is 19.8 Å². The summed E-state index contributed by atoms with van der Waals surface area (Å²) in [5.41, 5.74) is 1.32. The van der Waals surface area contributed by atoms with Gasteiger partial charge in [0.2, 0.25) is 0 Å². The number of ether oxygens (including phenoxy) is 1. The van der Waals surface area contributed by atoms with Gasteiger partial charge in [-0.3, -0.25) is 0 Å². The molecule has 0 aliphatic carbocycles. The van der Waals surface area contributed by atoms with Gasteiger partial charge in [0.1, 0.15) is 0 Å². The molecule has 0 saturated carbocycles. The Hall–Kier alpha value is -0.860. The smallest absolute Gasteiger partial charge is 0.0661 e. The normalized spacial score (nSPS) is 14.3. The number of hydrogen-bond acceptors (Lipinski definition) is 2. The summed E-state index contributed by atoms with van der Waals surface area (Å²) in [5.74, 6) is 0.660. The molecule has 1 rings (SSSR count). The number of hydrogen-bond donors (Lipinski definition) is 1. The Balaban J connectivity index is 2.42. The van der Waals surface area contributed by atoms with Crippen molar-refractivity contribution in [1.29, 1.82) is 0 Å². The first-order valence-corrected chi connectivity index (χ1v) is 7.64. The molecule has 19 heavy (non-hydrogen) atoms. The van der Waals surface area contributed by atoms with E-state index in [-0.39, 0.29) is 0 Å². The summed E-state index contributed by atoms with van der Waals surface area (Å²) in [4.78, 5) is 0. The zero-order valence-corrected chi connectivity index (χ0v) is 12.7. The highest BCUT2D eigenvalue weighted by Gasteiger charge is 2.11. The summed E-state index contributed by atoms with van der Waals surface area (Å²) in [6, 6.07) is 10.9. The Morgan fingerprint density at radius 2 is 1.79 bits per heavy atom. The number of benzene rings is 1.